The normalized spacial score (nSPS) is 12.4. The van der Waals surface area contributed by atoms with Crippen LogP contribution in [0.15, 0.2) is 36.4 Å². The number of nitrogens with two attached hydrogens (primary N) is 1. The van der Waals surface area contributed by atoms with Crippen molar-refractivity contribution in [1.29, 1.82) is 0 Å². The SMILES string of the molecule is Cc1ccc(C(Cc2ccc(F)cc2F)NN)c(F)c1. The lowest BCUT2D eigenvalue weighted by atomic mass is 9.97. The molecule has 0 amide bonds. The molecule has 0 aliphatic rings. The predicted molar refractivity (Wildman–Crippen MR) is 71.3 cm³/mol. The molecule has 0 saturated carbocycles. The minimum Gasteiger partial charge on any atom is -0.271 e. The molecule has 0 fully saturated rings. The lowest BCUT2D eigenvalue weighted by Gasteiger charge is -2.18. The van der Waals surface area contributed by atoms with Gasteiger partial charge in [0.1, 0.15) is 17.5 Å². The molecule has 1 atom stereocenters. The zero-order chi connectivity index (χ0) is 14.7. The summed E-state index contributed by atoms with van der Waals surface area (Å²) < 4.78 is 40.4. The topological polar surface area (TPSA) is 38.0 Å². The fraction of sp³-hybridized carbons (Fsp3) is 0.200. The molecule has 5 heteroatoms. The number of hydrogen-bond donors (Lipinski definition) is 2. The molecule has 3 N–H and O–H groups in total. The van der Waals surface area contributed by atoms with Gasteiger partial charge in [0.05, 0.1) is 6.04 Å². The summed E-state index contributed by atoms with van der Waals surface area (Å²) in [5, 5.41) is 0. The Kier molecular flexibility index (Phi) is 4.42. The van der Waals surface area contributed by atoms with Crippen LogP contribution in [-0.2, 0) is 6.42 Å². The highest BCUT2D eigenvalue weighted by molar-refractivity contribution is 5.29. The van der Waals surface area contributed by atoms with Gasteiger partial charge < -0.3 is 0 Å². The molecule has 2 nitrogen and oxygen atoms in total. The maximum absolute atomic E-state index is 13.9. The summed E-state index contributed by atoms with van der Waals surface area (Å²) in [6.45, 7) is 1.78. The van der Waals surface area contributed by atoms with Gasteiger partial charge in [-0.2, -0.15) is 0 Å². The van der Waals surface area contributed by atoms with E-state index >= 15 is 0 Å². The van der Waals surface area contributed by atoms with Crippen LogP contribution in [-0.4, -0.2) is 0 Å². The molecular weight excluding hydrogens is 265 g/mol. The van der Waals surface area contributed by atoms with Gasteiger partial charge in [-0.25, -0.2) is 13.2 Å². The summed E-state index contributed by atoms with van der Waals surface area (Å²) in [5.41, 5.74) is 3.88. The van der Waals surface area contributed by atoms with Gasteiger partial charge in [0.2, 0.25) is 0 Å². The Hall–Kier alpha value is -1.85. The molecule has 0 saturated heterocycles. The molecule has 2 aromatic carbocycles. The fourth-order valence-electron chi connectivity index (χ4n) is 2.08. The van der Waals surface area contributed by atoms with E-state index in [-0.39, 0.29) is 12.0 Å². The minimum absolute atomic E-state index is 0.128. The van der Waals surface area contributed by atoms with E-state index in [4.69, 9.17) is 5.84 Å². The third-order valence-electron chi connectivity index (χ3n) is 3.17. The highest BCUT2D eigenvalue weighted by Gasteiger charge is 2.17. The van der Waals surface area contributed by atoms with Crippen LogP contribution in [0.1, 0.15) is 22.7 Å². The fourth-order valence-corrected chi connectivity index (χ4v) is 2.08. The number of nitrogens with one attached hydrogen (secondary N) is 1. The number of aryl methyl sites for hydroxylation is 1. The summed E-state index contributed by atoms with van der Waals surface area (Å²) >= 11 is 0. The Bertz CT molecular complexity index is 614. The van der Waals surface area contributed by atoms with Crippen LogP contribution in [0.3, 0.4) is 0 Å². The van der Waals surface area contributed by atoms with Gasteiger partial charge in [-0.1, -0.05) is 18.2 Å². The Morgan fingerprint density at radius 2 is 1.80 bits per heavy atom. The van der Waals surface area contributed by atoms with Gasteiger partial charge in [-0.05, 0) is 36.6 Å². The van der Waals surface area contributed by atoms with Crippen molar-refractivity contribution in [2.45, 2.75) is 19.4 Å². The van der Waals surface area contributed by atoms with Crippen LogP contribution in [0.5, 0.6) is 0 Å². The monoisotopic (exact) mass is 280 g/mol. The lowest BCUT2D eigenvalue weighted by Crippen LogP contribution is -2.30. The highest BCUT2D eigenvalue weighted by Crippen LogP contribution is 2.23. The molecule has 1 unspecified atom stereocenters. The van der Waals surface area contributed by atoms with Crippen molar-refractivity contribution < 1.29 is 13.2 Å². The average Bonchev–Trinajstić information content (AvgIpc) is 2.39. The molecule has 0 bridgehead atoms. The Labute approximate surface area is 115 Å². The summed E-state index contributed by atoms with van der Waals surface area (Å²) in [4.78, 5) is 0. The van der Waals surface area contributed by atoms with E-state index in [1.807, 2.05) is 0 Å². The van der Waals surface area contributed by atoms with Crippen LogP contribution in [0.25, 0.3) is 0 Å². The second kappa shape index (κ2) is 6.07. The largest absolute Gasteiger partial charge is 0.271 e. The summed E-state index contributed by atoms with van der Waals surface area (Å²) in [6, 6.07) is 7.46. The van der Waals surface area contributed by atoms with Crippen molar-refractivity contribution in [2.24, 2.45) is 5.84 Å². The first-order chi connectivity index (χ1) is 9.51. The van der Waals surface area contributed by atoms with E-state index in [0.29, 0.717) is 5.56 Å². The molecule has 20 heavy (non-hydrogen) atoms. The molecule has 2 aromatic rings. The molecule has 0 aliphatic heterocycles. The number of halogens is 3. The molecule has 0 spiro atoms. The Morgan fingerprint density at radius 3 is 2.40 bits per heavy atom. The van der Waals surface area contributed by atoms with Crippen molar-refractivity contribution in [1.82, 2.24) is 5.43 Å². The van der Waals surface area contributed by atoms with Crippen molar-refractivity contribution in [3.63, 3.8) is 0 Å². The van der Waals surface area contributed by atoms with Crippen molar-refractivity contribution in [2.75, 3.05) is 0 Å². The van der Waals surface area contributed by atoms with Crippen molar-refractivity contribution in [3.8, 4) is 0 Å². The van der Waals surface area contributed by atoms with Gasteiger partial charge in [-0.15, -0.1) is 0 Å². The smallest absolute Gasteiger partial charge is 0.129 e. The lowest BCUT2D eigenvalue weighted by molar-refractivity contribution is 0.495. The van der Waals surface area contributed by atoms with Crippen LogP contribution in [0, 0.1) is 24.4 Å². The summed E-state index contributed by atoms with van der Waals surface area (Å²) in [7, 11) is 0. The highest BCUT2D eigenvalue weighted by atomic mass is 19.1. The van der Waals surface area contributed by atoms with E-state index in [0.717, 1.165) is 17.7 Å². The molecule has 0 radical (unpaired) electrons. The van der Waals surface area contributed by atoms with Gasteiger partial charge in [-0.3, -0.25) is 11.3 Å². The molecule has 0 heterocycles. The van der Waals surface area contributed by atoms with Crippen LogP contribution < -0.4 is 11.3 Å². The number of benzene rings is 2. The van der Waals surface area contributed by atoms with Crippen molar-refractivity contribution >= 4 is 0 Å². The van der Waals surface area contributed by atoms with Gasteiger partial charge in [0.15, 0.2) is 0 Å². The van der Waals surface area contributed by atoms with E-state index in [2.05, 4.69) is 5.43 Å². The van der Waals surface area contributed by atoms with Crippen molar-refractivity contribution in [3.05, 3.63) is 70.5 Å². The third-order valence-corrected chi connectivity index (χ3v) is 3.17. The van der Waals surface area contributed by atoms with Crippen LogP contribution >= 0.6 is 0 Å². The van der Waals surface area contributed by atoms with Crippen LogP contribution in [0.4, 0.5) is 13.2 Å². The maximum Gasteiger partial charge on any atom is 0.129 e. The summed E-state index contributed by atoms with van der Waals surface area (Å²) in [6.07, 6.45) is 0.128. The molecule has 0 aromatic heterocycles. The van der Waals surface area contributed by atoms with E-state index in [1.165, 1.54) is 12.1 Å². The zero-order valence-corrected chi connectivity index (χ0v) is 11.0. The van der Waals surface area contributed by atoms with Gasteiger partial charge in [0.25, 0.3) is 0 Å². The number of hydrogen-bond acceptors (Lipinski definition) is 2. The van der Waals surface area contributed by atoms with E-state index < -0.39 is 23.5 Å². The first-order valence-electron chi connectivity index (χ1n) is 6.17. The molecule has 0 aliphatic carbocycles. The predicted octanol–water partition coefficient (Wildman–Crippen LogP) is 3.16. The number of hydrazine groups is 1. The van der Waals surface area contributed by atoms with E-state index in [9.17, 15) is 13.2 Å². The zero-order valence-electron chi connectivity index (χ0n) is 11.0. The third kappa shape index (κ3) is 3.18. The minimum atomic E-state index is -0.669. The average molecular weight is 280 g/mol. The van der Waals surface area contributed by atoms with Gasteiger partial charge in [0, 0.05) is 11.6 Å². The second-order valence-corrected chi connectivity index (χ2v) is 4.68. The molecule has 106 valence electrons. The maximum atomic E-state index is 13.9. The Balaban J connectivity index is 2.28. The Morgan fingerprint density at radius 1 is 1.05 bits per heavy atom. The quantitative estimate of drug-likeness (QED) is 0.667. The molecular formula is C15H15F3N2. The number of rotatable bonds is 4. The molecule has 2 rings (SSSR count). The first-order valence-corrected chi connectivity index (χ1v) is 6.17. The first kappa shape index (κ1) is 14.6. The van der Waals surface area contributed by atoms with E-state index in [1.54, 1.807) is 19.1 Å². The second-order valence-electron chi connectivity index (χ2n) is 4.68. The van der Waals surface area contributed by atoms with Gasteiger partial charge >= 0.3 is 0 Å². The van der Waals surface area contributed by atoms with Crippen LogP contribution in [0.2, 0.25) is 0 Å². The standard InChI is InChI=1S/C15H15F3N2/c1-9-2-5-12(14(18)6-9)15(20-19)7-10-3-4-11(16)8-13(10)17/h2-6,8,15,20H,7,19H2,1H3. The summed E-state index contributed by atoms with van der Waals surface area (Å²) in [5.74, 6) is 3.70.